The van der Waals surface area contributed by atoms with Crippen molar-refractivity contribution in [2.45, 2.75) is 45.2 Å². The van der Waals surface area contributed by atoms with Crippen LogP contribution in [0, 0.1) is 5.82 Å². The second kappa shape index (κ2) is 6.18. The fraction of sp³-hybridized carbons (Fsp3) is 0.438. The molecule has 2 rings (SSSR count). The van der Waals surface area contributed by atoms with Gasteiger partial charge < -0.3 is 10.3 Å². The average molecular weight is 275 g/mol. The molecule has 3 nitrogen and oxygen atoms in total. The van der Waals surface area contributed by atoms with Gasteiger partial charge in [0.25, 0.3) is 0 Å². The number of halogens is 1. The maximum atomic E-state index is 13.2. The second-order valence-corrected chi connectivity index (χ2v) is 5.67. The summed E-state index contributed by atoms with van der Waals surface area (Å²) in [5, 5.41) is 0. The summed E-state index contributed by atoms with van der Waals surface area (Å²) in [5.74, 6) is 0.777. The minimum atomic E-state index is -0.440. The molecule has 0 radical (unpaired) electrons. The summed E-state index contributed by atoms with van der Waals surface area (Å²) in [4.78, 5) is 4.39. The Morgan fingerprint density at radius 1 is 1.35 bits per heavy atom. The zero-order chi connectivity index (χ0) is 14.6. The van der Waals surface area contributed by atoms with Gasteiger partial charge in [-0.3, -0.25) is 0 Å². The molecule has 0 aliphatic rings. The van der Waals surface area contributed by atoms with Gasteiger partial charge in [-0.15, -0.1) is 0 Å². The first kappa shape index (κ1) is 14.7. The van der Waals surface area contributed by atoms with Crippen LogP contribution in [-0.2, 0) is 19.4 Å². The fourth-order valence-corrected chi connectivity index (χ4v) is 2.49. The molecule has 1 aromatic carbocycles. The van der Waals surface area contributed by atoms with Crippen molar-refractivity contribution in [1.82, 2.24) is 9.55 Å². The van der Waals surface area contributed by atoms with E-state index in [0.717, 1.165) is 24.4 Å². The van der Waals surface area contributed by atoms with Crippen LogP contribution in [0.2, 0.25) is 0 Å². The molecule has 0 saturated carbocycles. The van der Waals surface area contributed by atoms with Crippen molar-refractivity contribution in [1.29, 1.82) is 0 Å². The van der Waals surface area contributed by atoms with Gasteiger partial charge in [0, 0.05) is 30.9 Å². The van der Waals surface area contributed by atoms with Crippen LogP contribution in [-0.4, -0.2) is 15.1 Å². The van der Waals surface area contributed by atoms with E-state index in [2.05, 4.69) is 16.5 Å². The summed E-state index contributed by atoms with van der Waals surface area (Å²) in [6.07, 6.45) is 6.16. The van der Waals surface area contributed by atoms with Gasteiger partial charge in [0.2, 0.25) is 0 Å². The number of nitrogens with two attached hydrogens (primary N) is 1. The highest BCUT2D eigenvalue weighted by molar-refractivity contribution is 5.19. The van der Waals surface area contributed by atoms with Crippen LogP contribution in [0.25, 0.3) is 0 Å². The van der Waals surface area contributed by atoms with Crippen molar-refractivity contribution in [3.05, 3.63) is 53.9 Å². The van der Waals surface area contributed by atoms with Crippen LogP contribution in [0.5, 0.6) is 0 Å². The monoisotopic (exact) mass is 275 g/mol. The van der Waals surface area contributed by atoms with E-state index in [0.29, 0.717) is 12.8 Å². The molecule has 0 aliphatic carbocycles. The lowest BCUT2D eigenvalue weighted by Gasteiger charge is -2.25. The molecule has 0 amide bonds. The quantitative estimate of drug-likeness (QED) is 0.881. The number of rotatable bonds is 6. The van der Waals surface area contributed by atoms with Crippen LogP contribution < -0.4 is 5.73 Å². The first-order valence-electron chi connectivity index (χ1n) is 7.03. The largest absolute Gasteiger partial charge is 0.335 e. The lowest BCUT2D eigenvalue weighted by atomic mass is 9.90. The molecule has 0 aliphatic heterocycles. The Morgan fingerprint density at radius 3 is 2.85 bits per heavy atom. The van der Waals surface area contributed by atoms with E-state index in [-0.39, 0.29) is 5.82 Å². The lowest BCUT2D eigenvalue weighted by molar-refractivity contribution is 0.438. The third-order valence-electron chi connectivity index (χ3n) is 3.33. The van der Waals surface area contributed by atoms with Crippen molar-refractivity contribution >= 4 is 0 Å². The predicted octanol–water partition coefficient (Wildman–Crippen LogP) is 2.93. The Bertz CT molecular complexity index is 560. The predicted molar refractivity (Wildman–Crippen MR) is 78.9 cm³/mol. The van der Waals surface area contributed by atoms with Gasteiger partial charge >= 0.3 is 0 Å². The summed E-state index contributed by atoms with van der Waals surface area (Å²) in [7, 11) is 0. The second-order valence-electron chi connectivity index (χ2n) is 5.67. The van der Waals surface area contributed by atoms with Gasteiger partial charge in [-0.1, -0.05) is 19.1 Å². The van der Waals surface area contributed by atoms with Crippen LogP contribution >= 0.6 is 0 Å². The molecule has 1 atom stereocenters. The van der Waals surface area contributed by atoms with Crippen molar-refractivity contribution in [2.75, 3.05) is 0 Å². The highest BCUT2D eigenvalue weighted by Crippen LogP contribution is 2.17. The first-order valence-corrected chi connectivity index (χ1v) is 7.03. The van der Waals surface area contributed by atoms with Gasteiger partial charge in [-0.2, -0.15) is 0 Å². The van der Waals surface area contributed by atoms with E-state index in [9.17, 15) is 4.39 Å². The molecule has 108 valence electrons. The maximum Gasteiger partial charge on any atom is 0.123 e. The molecule has 0 bridgehead atoms. The van der Waals surface area contributed by atoms with Crippen LogP contribution in [0.4, 0.5) is 4.39 Å². The molecular formula is C16H22FN3. The molecule has 0 spiro atoms. The van der Waals surface area contributed by atoms with Crippen LogP contribution in [0.3, 0.4) is 0 Å². The molecule has 2 aromatic rings. The molecule has 1 heterocycles. The summed E-state index contributed by atoms with van der Waals surface area (Å²) >= 11 is 0. The Hall–Kier alpha value is -1.68. The summed E-state index contributed by atoms with van der Waals surface area (Å²) in [6, 6.07) is 6.63. The number of hydrogen-bond acceptors (Lipinski definition) is 2. The van der Waals surface area contributed by atoms with E-state index >= 15 is 0 Å². The number of aromatic nitrogens is 2. The Balaban J connectivity index is 2.08. The standard InChI is InChI=1S/C16H22FN3/c1-3-8-20-9-7-19-15(20)12-16(2,18)11-13-5-4-6-14(17)10-13/h4-7,9-10H,3,8,11-12,18H2,1-2H3. The van der Waals surface area contributed by atoms with Crippen molar-refractivity contribution < 1.29 is 4.39 Å². The molecular weight excluding hydrogens is 253 g/mol. The Morgan fingerprint density at radius 2 is 2.15 bits per heavy atom. The van der Waals surface area contributed by atoms with Gasteiger partial charge in [0.05, 0.1) is 0 Å². The number of nitrogens with zero attached hydrogens (tertiary/aromatic N) is 2. The van der Waals surface area contributed by atoms with Gasteiger partial charge in [-0.05, 0) is 37.5 Å². The molecule has 1 aromatic heterocycles. The summed E-state index contributed by atoms with van der Waals surface area (Å²) < 4.78 is 15.4. The van der Waals surface area contributed by atoms with Gasteiger partial charge in [0.1, 0.15) is 11.6 Å². The van der Waals surface area contributed by atoms with Crippen molar-refractivity contribution in [3.63, 3.8) is 0 Å². The molecule has 20 heavy (non-hydrogen) atoms. The smallest absolute Gasteiger partial charge is 0.123 e. The van der Waals surface area contributed by atoms with E-state index in [4.69, 9.17) is 5.73 Å². The normalized spacial score (nSPS) is 14.2. The minimum Gasteiger partial charge on any atom is -0.335 e. The van der Waals surface area contributed by atoms with E-state index < -0.39 is 5.54 Å². The Labute approximate surface area is 119 Å². The molecule has 1 unspecified atom stereocenters. The first-order chi connectivity index (χ1) is 9.50. The molecule has 2 N–H and O–H groups in total. The molecule has 0 saturated heterocycles. The Kier molecular flexibility index (Phi) is 4.55. The average Bonchev–Trinajstić information content (AvgIpc) is 2.75. The lowest BCUT2D eigenvalue weighted by Crippen LogP contribution is -2.41. The number of benzene rings is 1. The summed E-state index contributed by atoms with van der Waals surface area (Å²) in [6.45, 7) is 5.08. The van der Waals surface area contributed by atoms with Crippen LogP contribution in [0.1, 0.15) is 31.7 Å². The van der Waals surface area contributed by atoms with Gasteiger partial charge in [-0.25, -0.2) is 9.37 Å². The van der Waals surface area contributed by atoms with Gasteiger partial charge in [0.15, 0.2) is 0 Å². The third kappa shape index (κ3) is 3.90. The topological polar surface area (TPSA) is 43.8 Å². The third-order valence-corrected chi connectivity index (χ3v) is 3.33. The highest BCUT2D eigenvalue weighted by Gasteiger charge is 2.22. The highest BCUT2D eigenvalue weighted by atomic mass is 19.1. The number of aryl methyl sites for hydroxylation is 1. The summed E-state index contributed by atoms with van der Waals surface area (Å²) in [5.41, 5.74) is 6.86. The zero-order valence-corrected chi connectivity index (χ0v) is 12.1. The molecule has 0 fully saturated rings. The number of imidazole rings is 1. The fourth-order valence-electron chi connectivity index (χ4n) is 2.49. The van der Waals surface area contributed by atoms with Crippen molar-refractivity contribution in [3.8, 4) is 0 Å². The van der Waals surface area contributed by atoms with E-state index in [1.165, 1.54) is 6.07 Å². The van der Waals surface area contributed by atoms with E-state index in [1.54, 1.807) is 12.1 Å². The molecule has 4 heteroatoms. The van der Waals surface area contributed by atoms with Crippen LogP contribution in [0.15, 0.2) is 36.7 Å². The number of hydrogen-bond donors (Lipinski definition) is 1. The zero-order valence-electron chi connectivity index (χ0n) is 12.1. The SMILES string of the molecule is CCCn1ccnc1CC(C)(N)Cc1cccc(F)c1. The van der Waals surface area contributed by atoms with E-state index in [1.807, 2.05) is 25.4 Å². The minimum absolute atomic E-state index is 0.217. The van der Waals surface area contributed by atoms with Crippen molar-refractivity contribution in [2.24, 2.45) is 5.73 Å². The maximum absolute atomic E-state index is 13.2.